The second-order valence-corrected chi connectivity index (χ2v) is 2.71. The molecule has 1 aromatic carbocycles. The van der Waals surface area contributed by atoms with Gasteiger partial charge in [0.25, 0.3) is 0 Å². The van der Waals surface area contributed by atoms with E-state index in [1.54, 1.807) is 20.0 Å². The molecule has 0 atom stereocenters. The third kappa shape index (κ3) is 4.62. The van der Waals surface area contributed by atoms with Gasteiger partial charge in [-0.3, -0.25) is 0 Å². The Morgan fingerprint density at radius 3 is 2.47 bits per heavy atom. The van der Waals surface area contributed by atoms with Gasteiger partial charge in [-0.2, -0.15) is 0 Å². The molecule has 82 valence electrons. The van der Waals surface area contributed by atoms with E-state index >= 15 is 0 Å². The molecule has 0 radical (unpaired) electrons. The van der Waals surface area contributed by atoms with Gasteiger partial charge in [0.05, 0.1) is 0 Å². The van der Waals surface area contributed by atoms with Crippen molar-refractivity contribution in [2.45, 2.75) is 27.3 Å². The third-order valence-electron chi connectivity index (χ3n) is 1.69. The lowest BCUT2D eigenvalue weighted by molar-refractivity contribution is 0.600. The summed E-state index contributed by atoms with van der Waals surface area (Å²) < 4.78 is 13.3. The first-order valence-electron chi connectivity index (χ1n) is 5.13. The number of hydrogen-bond acceptors (Lipinski definition) is 1. The van der Waals surface area contributed by atoms with Crippen molar-refractivity contribution in [3.05, 3.63) is 35.1 Å². The monoisotopic (exact) mass is 207 g/mol. The number of hydrogen-bond donors (Lipinski definition) is 1. The van der Waals surface area contributed by atoms with Crippen molar-refractivity contribution in [2.24, 2.45) is 0 Å². The highest BCUT2D eigenvalue weighted by atomic mass is 19.1. The van der Waals surface area contributed by atoms with Crippen LogP contribution in [0.25, 0.3) is 0 Å². The molecule has 0 aliphatic carbocycles. The van der Waals surface area contributed by atoms with Crippen molar-refractivity contribution in [2.75, 3.05) is 7.05 Å². The SMILES string of the molecule is CC.CC#Cc1ccc(CNC)c(F)c1. The normalized spacial score (nSPS) is 8.33. The molecule has 1 aromatic rings. The van der Waals surface area contributed by atoms with E-state index in [4.69, 9.17) is 0 Å². The summed E-state index contributed by atoms with van der Waals surface area (Å²) >= 11 is 0. The van der Waals surface area contributed by atoms with Gasteiger partial charge in [0.2, 0.25) is 0 Å². The number of halogens is 1. The van der Waals surface area contributed by atoms with Crippen LogP contribution >= 0.6 is 0 Å². The topological polar surface area (TPSA) is 12.0 Å². The second-order valence-electron chi connectivity index (χ2n) is 2.71. The van der Waals surface area contributed by atoms with Gasteiger partial charge in [-0.05, 0) is 26.1 Å². The van der Waals surface area contributed by atoms with Crippen molar-refractivity contribution in [1.29, 1.82) is 0 Å². The largest absolute Gasteiger partial charge is 0.316 e. The van der Waals surface area contributed by atoms with Crippen LogP contribution < -0.4 is 5.32 Å². The molecule has 0 unspecified atom stereocenters. The Bertz CT molecular complexity index is 347. The summed E-state index contributed by atoms with van der Waals surface area (Å²) in [5.41, 5.74) is 1.39. The smallest absolute Gasteiger partial charge is 0.128 e. The second kappa shape index (κ2) is 8.02. The fourth-order valence-electron chi connectivity index (χ4n) is 1.10. The van der Waals surface area contributed by atoms with Gasteiger partial charge in [-0.25, -0.2) is 4.39 Å². The van der Waals surface area contributed by atoms with Crippen LogP contribution in [-0.2, 0) is 6.54 Å². The van der Waals surface area contributed by atoms with Gasteiger partial charge in [0.1, 0.15) is 5.82 Å². The Balaban J connectivity index is 0.000000921. The molecule has 0 amide bonds. The minimum atomic E-state index is -0.199. The fourth-order valence-corrected chi connectivity index (χ4v) is 1.10. The maximum atomic E-state index is 13.3. The fraction of sp³-hybridized carbons (Fsp3) is 0.385. The summed E-state index contributed by atoms with van der Waals surface area (Å²) in [6.45, 7) is 6.28. The van der Waals surface area contributed by atoms with E-state index in [0.29, 0.717) is 12.1 Å². The zero-order valence-corrected chi connectivity index (χ0v) is 9.82. The summed E-state index contributed by atoms with van der Waals surface area (Å²) in [5.74, 6) is 5.34. The first-order valence-corrected chi connectivity index (χ1v) is 5.13. The molecule has 0 aromatic heterocycles. The van der Waals surface area contributed by atoms with Crippen LogP contribution in [0.2, 0.25) is 0 Å². The average molecular weight is 207 g/mol. The van der Waals surface area contributed by atoms with Crippen LogP contribution in [0.5, 0.6) is 0 Å². The highest BCUT2D eigenvalue weighted by Crippen LogP contribution is 2.09. The molecular formula is C13H18FN. The van der Waals surface area contributed by atoms with Crippen molar-refractivity contribution >= 4 is 0 Å². The summed E-state index contributed by atoms with van der Waals surface area (Å²) in [5, 5.41) is 2.90. The van der Waals surface area contributed by atoms with Crippen LogP contribution in [0.1, 0.15) is 31.9 Å². The lowest BCUT2D eigenvalue weighted by Crippen LogP contribution is -2.06. The van der Waals surface area contributed by atoms with E-state index in [0.717, 1.165) is 5.56 Å². The van der Waals surface area contributed by atoms with Gasteiger partial charge in [0, 0.05) is 17.7 Å². The van der Waals surface area contributed by atoms with E-state index in [-0.39, 0.29) is 5.82 Å². The Morgan fingerprint density at radius 1 is 1.33 bits per heavy atom. The first kappa shape index (κ1) is 13.7. The Morgan fingerprint density at radius 2 is 2.00 bits per heavy atom. The van der Waals surface area contributed by atoms with Crippen molar-refractivity contribution in [3.63, 3.8) is 0 Å². The average Bonchev–Trinajstić information content (AvgIpc) is 2.26. The number of benzene rings is 1. The first-order chi connectivity index (χ1) is 7.27. The molecule has 1 nitrogen and oxygen atoms in total. The van der Waals surface area contributed by atoms with Crippen LogP contribution in [-0.4, -0.2) is 7.05 Å². The van der Waals surface area contributed by atoms with E-state index in [9.17, 15) is 4.39 Å². The molecule has 1 N–H and O–H groups in total. The third-order valence-corrected chi connectivity index (χ3v) is 1.69. The Hall–Kier alpha value is -1.33. The molecular weight excluding hydrogens is 189 g/mol. The summed E-state index contributed by atoms with van der Waals surface area (Å²) in [7, 11) is 1.79. The van der Waals surface area contributed by atoms with Gasteiger partial charge in [-0.15, -0.1) is 5.92 Å². The van der Waals surface area contributed by atoms with Crippen LogP contribution in [0, 0.1) is 17.7 Å². The van der Waals surface area contributed by atoms with E-state index in [2.05, 4.69) is 17.2 Å². The highest BCUT2D eigenvalue weighted by Gasteiger charge is 2.00. The molecule has 0 fully saturated rings. The van der Waals surface area contributed by atoms with Gasteiger partial charge >= 0.3 is 0 Å². The van der Waals surface area contributed by atoms with Crippen LogP contribution in [0.4, 0.5) is 4.39 Å². The van der Waals surface area contributed by atoms with Crippen molar-refractivity contribution < 1.29 is 4.39 Å². The van der Waals surface area contributed by atoms with E-state index < -0.39 is 0 Å². The van der Waals surface area contributed by atoms with Gasteiger partial charge < -0.3 is 5.32 Å². The molecule has 0 heterocycles. The van der Waals surface area contributed by atoms with Crippen LogP contribution in [0.3, 0.4) is 0 Å². The van der Waals surface area contributed by atoms with Gasteiger partial charge in [-0.1, -0.05) is 25.8 Å². The molecule has 0 saturated carbocycles. The highest BCUT2D eigenvalue weighted by molar-refractivity contribution is 5.36. The van der Waals surface area contributed by atoms with E-state index in [1.807, 2.05) is 19.9 Å². The van der Waals surface area contributed by atoms with Crippen molar-refractivity contribution in [3.8, 4) is 11.8 Å². The maximum absolute atomic E-state index is 13.3. The van der Waals surface area contributed by atoms with Crippen LogP contribution in [0.15, 0.2) is 18.2 Å². The molecule has 2 heteroatoms. The molecule has 15 heavy (non-hydrogen) atoms. The zero-order chi connectivity index (χ0) is 11.7. The van der Waals surface area contributed by atoms with Crippen molar-refractivity contribution in [1.82, 2.24) is 5.32 Å². The Labute approximate surface area is 91.7 Å². The molecule has 0 aliphatic rings. The lowest BCUT2D eigenvalue weighted by Gasteiger charge is -2.01. The standard InChI is InChI=1S/C11H12FN.C2H6/c1-3-4-9-5-6-10(8-13-2)11(12)7-9;1-2/h5-7,13H,8H2,1-2H3;1-2H3. The maximum Gasteiger partial charge on any atom is 0.128 e. The minimum absolute atomic E-state index is 0.199. The summed E-state index contributed by atoms with van der Waals surface area (Å²) in [6.07, 6.45) is 0. The zero-order valence-electron chi connectivity index (χ0n) is 9.82. The van der Waals surface area contributed by atoms with Gasteiger partial charge in [0.15, 0.2) is 0 Å². The predicted molar refractivity (Wildman–Crippen MR) is 63.1 cm³/mol. The number of nitrogens with one attached hydrogen (secondary N) is 1. The molecule has 0 saturated heterocycles. The number of rotatable bonds is 2. The minimum Gasteiger partial charge on any atom is -0.316 e. The lowest BCUT2D eigenvalue weighted by atomic mass is 10.1. The summed E-state index contributed by atoms with van der Waals surface area (Å²) in [4.78, 5) is 0. The molecule has 1 rings (SSSR count). The molecule has 0 bridgehead atoms. The Kier molecular flexibility index (Phi) is 7.31. The van der Waals surface area contributed by atoms with E-state index in [1.165, 1.54) is 6.07 Å². The molecule has 0 spiro atoms. The predicted octanol–water partition coefficient (Wildman–Crippen LogP) is 2.94. The quantitative estimate of drug-likeness (QED) is 0.735. The summed E-state index contributed by atoms with van der Waals surface area (Å²) in [6, 6.07) is 5.04. The molecule has 0 aliphatic heterocycles.